The molecule has 1 fully saturated rings. The molecule has 6 heteroatoms. The summed E-state index contributed by atoms with van der Waals surface area (Å²) in [5.41, 5.74) is 2.15. The van der Waals surface area contributed by atoms with Crippen molar-refractivity contribution in [1.82, 2.24) is 4.90 Å². The number of benzene rings is 1. The number of carbonyl (C=O) groups excluding carboxylic acids is 1. The molecule has 1 amide bonds. The van der Waals surface area contributed by atoms with Crippen molar-refractivity contribution in [3.05, 3.63) is 34.7 Å². The van der Waals surface area contributed by atoms with Gasteiger partial charge in [0, 0.05) is 32.9 Å². The van der Waals surface area contributed by atoms with Crippen LogP contribution in [0.3, 0.4) is 0 Å². The number of hydrogen-bond acceptors (Lipinski definition) is 5. The summed E-state index contributed by atoms with van der Waals surface area (Å²) < 4.78 is 5.75. The summed E-state index contributed by atoms with van der Waals surface area (Å²) in [5, 5.41) is 0.790. The van der Waals surface area contributed by atoms with E-state index in [1.165, 1.54) is 11.8 Å². The highest BCUT2D eigenvalue weighted by atomic mass is 32.2. The summed E-state index contributed by atoms with van der Waals surface area (Å²) in [6.07, 6.45) is 2.22. The van der Waals surface area contributed by atoms with Crippen LogP contribution in [0.2, 0.25) is 0 Å². The van der Waals surface area contributed by atoms with Gasteiger partial charge in [0.15, 0.2) is 5.17 Å². The molecule has 0 bridgehead atoms. The van der Waals surface area contributed by atoms with E-state index in [0.29, 0.717) is 4.91 Å². The number of ether oxygens (including phenoxy) is 1. The van der Waals surface area contributed by atoms with Gasteiger partial charge in [0.05, 0.1) is 17.1 Å². The summed E-state index contributed by atoms with van der Waals surface area (Å²) in [6, 6.07) is 8.13. The molecule has 0 spiro atoms. The number of aliphatic imine (C=N–C) groups is 1. The van der Waals surface area contributed by atoms with Crippen LogP contribution in [0, 0.1) is 0 Å². The van der Waals surface area contributed by atoms with E-state index >= 15 is 0 Å². The maximum Gasteiger partial charge on any atom is 0.286 e. The van der Waals surface area contributed by atoms with Crippen molar-refractivity contribution < 1.29 is 9.53 Å². The Bertz CT molecular complexity index is 672. The van der Waals surface area contributed by atoms with E-state index in [4.69, 9.17) is 4.74 Å². The molecule has 2 heterocycles. The first-order valence-electron chi connectivity index (χ1n) is 8.13. The van der Waals surface area contributed by atoms with E-state index in [1.54, 1.807) is 0 Å². The standard InChI is InChI=1S/C18H23N3O2S/c1-12-10-21(11-13(2)23-12)18-19-17(22)16(24-18)9-14-5-7-15(8-6-14)20(3)4/h5-9,12-13H,10-11H2,1-4H3. The number of nitrogens with zero attached hydrogens (tertiary/aromatic N) is 3. The molecular formula is C18H23N3O2S. The molecule has 2 unspecified atom stereocenters. The largest absolute Gasteiger partial charge is 0.378 e. The van der Waals surface area contributed by atoms with Gasteiger partial charge in [-0.05, 0) is 49.4 Å². The van der Waals surface area contributed by atoms with Crippen LogP contribution in [0.15, 0.2) is 34.2 Å². The number of anilines is 1. The van der Waals surface area contributed by atoms with Crippen molar-refractivity contribution in [3.8, 4) is 0 Å². The second kappa shape index (κ2) is 6.99. The Morgan fingerprint density at radius 1 is 1.21 bits per heavy atom. The van der Waals surface area contributed by atoms with Crippen LogP contribution in [0.5, 0.6) is 0 Å². The quantitative estimate of drug-likeness (QED) is 0.771. The van der Waals surface area contributed by atoms with Crippen LogP contribution in [0.4, 0.5) is 5.69 Å². The number of thioether (sulfide) groups is 1. The molecule has 0 aromatic heterocycles. The molecule has 3 rings (SSSR count). The van der Waals surface area contributed by atoms with Crippen LogP contribution >= 0.6 is 11.8 Å². The Kier molecular flexibility index (Phi) is 4.96. The minimum absolute atomic E-state index is 0.152. The normalized spacial score (nSPS) is 26.0. The van der Waals surface area contributed by atoms with Crippen LogP contribution in [-0.2, 0) is 9.53 Å². The molecule has 24 heavy (non-hydrogen) atoms. The van der Waals surface area contributed by atoms with E-state index in [2.05, 4.69) is 9.89 Å². The molecule has 0 radical (unpaired) electrons. The Balaban J connectivity index is 1.72. The lowest BCUT2D eigenvalue weighted by Crippen LogP contribution is -2.47. The molecule has 2 atom stereocenters. The molecule has 2 aliphatic heterocycles. The van der Waals surface area contributed by atoms with E-state index in [-0.39, 0.29) is 18.1 Å². The van der Waals surface area contributed by atoms with Crippen LogP contribution in [0.1, 0.15) is 19.4 Å². The maximum atomic E-state index is 12.2. The van der Waals surface area contributed by atoms with Gasteiger partial charge in [-0.25, -0.2) is 0 Å². The summed E-state index contributed by atoms with van der Waals surface area (Å²) in [4.78, 5) is 21.3. The number of amidine groups is 1. The summed E-state index contributed by atoms with van der Waals surface area (Å²) in [7, 11) is 4.02. The van der Waals surface area contributed by atoms with Gasteiger partial charge in [0.1, 0.15) is 0 Å². The molecule has 1 aromatic carbocycles. The molecule has 1 saturated heterocycles. The number of carbonyl (C=O) groups is 1. The van der Waals surface area contributed by atoms with E-state index in [9.17, 15) is 4.79 Å². The fourth-order valence-corrected chi connectivity index (χ4v) is 3.82. The second-order valence-electron chi connectivity index (χ2n) is 6.46. The Hall–Kier alpha value is -1.79. The second-order valence-corrected chi connectivity index (χ2v) is 7.47. The van der Waals surface area contributed by atoms with Crippen molar-refractivity contribution >= 4 is 34.6 Å². The lowest BCUT2D eigenvalue weighted by molar-refractivity contribution is -0.113. The number of morpholine rings is 1. The fourth-order valence-electron chi connectivity index (χ4n) is 2.89. The van der Waals surface area contributed by atoms with E-state index in [1.807, 2.05) is 63.2 Å². The predicted molar refractivity (Wildman–Crippen MR) is 100 cm³/mol. The average Bonchev–Trinajstić information content (AvgIpc) is 2.88. The highest BCUT2D eigenvalue weighted by Gasteiger charge is 2.30. The number of rotatable bonds is 2. The minimum atomic E-state index is -0.154. The van der Waals surface area contributed by atoms with Crippen LogP contribution < -0.4 is 4.90 Å². The zero-order valence-electron chi connectivity index (χ0n) is 14.5. The van der Waals surface area contributed by atoms with Crippen molar-refractivity contribution in [3.63, 3.8) is 0 Å². The van der Waals surface area contributed by atoms with Gasteiger partial charge in [-0.3, -0.25) is 4.79 Å². The zero-order valence-corrected chi connectivity index (χ0v) is 15.3. The Labute approximate surface area is 147 Å². The first-order chi connectivity index (χ1) is 11.4. The molecule has 1 aromatic rings. The van der Waals surface area contributed by atoms with Crippen molar-refractivity contribution in [1.29, 1.82) is 0 Å². The van der Waals surface area contributed by atoms with Gasteiger partial charge in [-0.1, -0.05) is 12.1 Å². The number of hydrogen-bond donors (Lipinski definition) is 0. The monoisotopic (exact) mass is 345 g/mol. The van der Waals surface area contributed by atoms with Gasteiger partial charge in [-0.2, -0.15) is 4.99 Å². The summed E-state index contributed by atoms with van der Waals surface area (Å²) >= 11 is 1.46. The van der Waals surface area contributed by atoms with E-state index < -0.39 is 0 Å². The lowest BCUT2D eigenvalue weighted by atomic mass is 10.2. The molecule has 0 aliphatic carbocycles. The third-order valence-corrected chi connectivity index (χ3v) is 5.05. The van der Waals surface area contributed by atoms with Gasteiger partial charge >= 0.3 is 0 Å². The lowest BCUT2D eigenvalue weighted by Gasteiger charge is -2.35. The van der Waals surface area contributed by atoms with Crippen molar-refractivity contribution in [2.45, 2.75) is 26.1 Å². The number of amides is 1. The van der Waals surface area contributed by atoms with Crippen LogP contribution in [-0.4, -0.2) is 55.4 Å². The van der Waals surface area contributed by atoms with Gasteiger partial charge < -0.3 is 14.5 Å². The first kappa shape index (κ1) is 17.0. The predicted octanol–water partition coefficient (Wildman–Crippen LogP) is 2.83. The smallest absolute Gasteiger partial charge is 0.286 e. The molecular weight excluding hydrogens is 322 g/mol. The van der Waals surface area contributed by atoms with Gasteiger partial charge in [0.25, 0.3) is 5.91 Å². The van der Waals surface area contributed by atoms with Crippen molar-refractivity contribution in [2.75, 3.05) is 32.1 Å². The van der Waals surface area contributed by atoms with E-state index in [0.717, 1.165) is 29.5 Å². The highest BCUT2D eigenvalue weighted by Crippen LogP contribution is 2.31. The molecule has 0 saturated carbocycles. The SMILES string of the molecule is CC1CN(C2=NC(=O)C(=Cc3ccc(N(C)C)cc3)S2)CC(C)O1. The molecule has 5 nitrogen and oxygen atoms in total. The molecule has 2 aliphatic rings. The Morgan fingerprint density at radius 3 is 2.42 bits per heavy atom. The van der Waals surface area contributed by atoms with Gasteiger partial charge in [-0.15, -0.1) is 0 Å². The minimum Gasteiger partial charge on any atom is -0.378 e. The maximum absolute atomic E-state index is 12.2. The van der Waals surface area contributed by atoms with Crippen molar-refractivity contribution in [2.24, 2.45) is 4.99 Å². The first-order valence-corrected chi connectivity index (χ1v) is 8.94. The Morgan fingerprint density at radius 2 is 1.83 bits per heavy atom. The average molecular weight is 345 g/mol. The zero-order chi connectivity index (χ0) is 17.3. The fraction of sp³-hybridized carbons (Fsp3) is 0.444. The van der Waals surface area contributed by atoms with Crippen LogP contribution in [0.25, 0.3) is 6.08 Å². The summed E-state index contributed by atoms with van der Waals surface area (Å²) in [6.45, 7) is 5.64. The topological polar surface area (TPSA) is 45.1 Å². The summed E-state index contributed by atoms with van der Waals surface area (Å²) in [5.74, 6) is -0.154. The molecule has 0 N–H and O–H groups in total. The highest BCUT2D eigenvalue weighted by molar-refractivity contribution is 8.18. The third kappa shape index (κ3) is 3.82. The van der Waals surface area contributed by atoms with Gasteiger partial charge in [0.2, 0.25) is 0 Å². The molecule has 128 valence electrons. The third-order valence-electron chi connectivity index (χ3n) is 4.01.